The van der Waals surface area contributed by atoms with E-state index in [-0.39, 0.29) is 7.43 Å². The highest BCUT2D eigenvalue weighted by Gasteiger charge is 1.45. The lowest BCUT2D eigenvalue weighted by molar-refractivity contribution is -0.402. The molecule has 0 rings (SSSR count). The van der Waals surface area contributed by atoms with Gasteiger partial charge >= 0.3 is 0 Å². The van der Waals surface area contributed by atoms with Crippen molar-refractivity contribution in [2.24, 2.45) is 16.5 Å². The van der Waals surface area contributed by atoms with Crippen LogP contribution in [0.2, 0.25) is 0 Å². The lowest BCUT2D eigenvalue weighted by Crippen LogP contribution is -1.74. The number of rotatable bonds is 0. The summed E-state index contributed by atoms with van der Waals surface area (Å²) in [5, 5.41) is 25.5. The fraction of sp³-hybridized carbons (Fsp3) is 1.00. The Morgan fingerprint density at radius 2 is 1.23 bits per heavy atom. The summed E-state index contributed by atoms with van der Waals surface area (Å²) >= 11 is 0. The standard InChI is InChI=1S/CH4.H2N2O.NO3.HNO2.HNO/c;1-2-3;2-1(3)4;2-1-3;1-2/h1H4;(H2,1,3);;(H,2,3);1H/q;;-1;;/p-1. The molecule has 0 aromatic rings. The molecule has 0 saturated heterocycles. The Labute approximate surface area is 71.1 Å². The molecule has 0 aliphatic heterocycles. The second-order valence-electron chi connectivity index (χ2n) is 0.404. The SMILES string of the molecule is C.N=O.NN=O.O=N[O-].O=[N+]([O-])[O-]. The van der Waals surface area contributed by atoms with E-state index < -0.39 is 5.09 Å². The Hall–Kier alpha value is -2.40. The van der Waals surface area contributed by atoms with Gasteiger partial charge in [-0.2, -0.15) is 4.91 Å². The van der Waals surface area contributed by atoms with E-state index in [9.17, 15) is 0 Å². The third kappa shape index (κ3) is 96.3. The number of hydrogen-bond acceptors (Lipinski definition) is 10. The average molecular weight is 201 g/mol. The van der Waals surface area contributed by atoms with Crippen LogP contribution in [0.1, 0.15) is 7.43 Å². The first-order valence-electron chi connectivity index (χ1n) is 1.56. The van der Waals surface area contributed by atoms with Gasteiger partial charge < -0.3 is 25.4 Å². The summed E-state index contributed by atoms with van der Waals surface area (Å²) in [6, 6.07) is 0. The molecule has 12 nitrogen and oxygen atoms in total. The third-order valence-electron chi connectivity index (χ3n) is 0. The van der Waals surface area contributed by atoms with E-state index in [2.05, 4.69) is 11.4 Å². The fourth-order valence-corrected chi connectivity index (χ4v) is 0. The highest BCUT2D eigenvalue weighted by atomic mass is 16.9. The van der Waals surface area contributed by atoms with E-state index in [1.165, 1.54) is 0 Å². The lowest BCUT2D eigenvalue weighted by Gasteiger charge is -1.74. The molecule has 0 heterocycles. The van der Waals surface area contributed by atoms with Crippen molar-refractivity contribution >= 4 is 0 Å². The van der Waals surface area contributed by atoms with Crippen molar-refractivity contribution in [2.75, 3.05) is 0 Å². The van der Waals surface area contributed by atoms with E-state index in [1.807, 2.05) is 0 Å². The molecule has 0 aromatic carbocycles. The smallest absolute Gasteiger partial charge is 0.0689 e. The summed E-state index contributed by atoms with van der Waals surface area (Å²) in [6.07, 6.45) is 0. The van der Waals surface area contributed by atoms with Crippen LogP contribution in [0.4, 0.5) is 0 Å². The second kappa shape index (κ2) is 105. The fourth-order valence-electron chi connectivity index (χ4n) is 0. The summed E-state index contributed by atoms with van der Waals surface area (Å²) in [6.45, 7) is 0. The van der Waals surface area contributed by atoms with E-state index in [4.69, 9.17) is 35.3 Å². The summed E-state index contributed by atoms with van der Waals surface area (Å²) in [7, 11) is 0. The van der Waals surface area contributed by atoms with Gasteiger partial charge in [0.1, 0.15) is 0 Å². The number of nitrogens with two attached hydrogens (primary N) is 1. The van der Waals surface area contributed by atoms with Crippen molar-refractivity contribution < 1.29 is 5.09 Å². The minimum Gasteiger partial charge on any atom is -0.444 e. The Morgan fingerprint density at radius 3 is 1.23 bits per heavy atom. The minimum atomic E-state index is -1.75. The largest absolute Gasteiger partial charge is 0.444 e. The Balaban J connectivity index is -0.0000000220. The molecule has 0 amide bonds. The number of nitroso groups, excluding NO2 is 2. The number of nitrogens with zero attached hydrogens (tertiary/aromatic N) is 3. The molecule has 0 bridgehead atoms. The first-order valence-corrected chi connectivity index (χ1v) is 1.56. The van der Waals surface area contributed by atoms with Crippen molar-refractivity contribution in [1.29, 1.82) is 5.59 Å². The predicted octanol–water partition coefficient (Wildman–Crippen LogP) is 0.606. The maximum Gasteiger partial charge on any atom is 0.0689 e. The van der Waals surface area contributed by atoms with Crippen LogP contribution in [0.5, 0.6) is 0 Å². The molecule has 0 unspecified atom stereocenters. The zero-order valence-corrected chi connectivity index (χ0v) is 5.28. The molecule has 0 saturated carbocycles. The van der Waals surface area contributed by atoms with Gasteiger partial charge in [0, 0.05) is 5.29 Å². The number of nitrogens with one attached hydrogen (secondary N) is 1. The Morgan fingerprint density at radius 1 is 1.23 bits per heavy atom. The van der Waals surface area contributed by atoms with Gasteiger partial charge in [-0.05, 0) is 0 Å². The maximum atomic E-state index is 8.33. The highest BCUT2D eigenvalue weighted by molar-refractivity contribution is 4.21. The summed E-state index contributed by atoms with van der Waals surface area (Å²) < 4.78 is 0. The molecular formula is CH7N5O7-2. The maximum absolute atomic E-state index is 8.33. The molecule has 0 aliphatic carbocycles. The van der Waals surface area contributed by atoms with Gasteiger partial charge in [0.25, 0.3) is 0 Å². The van der Waals surface area contributed by atoms with Crippen molar-refractivity contribution in [3.63, 3.8) is 0 Å². The predicted molar refractivity (Wildman–Crippen MR) is 42.3 cm³/mol. The van der Waals surface area contributed by atoms with E-state index in [1.54, 1.807) is 5.29 Å². The molecule has 0 atom stereocenters. The highest BCUT2D eigenvalue weighted by Crippen LogP contribution is 1.44. The Kier molecular flexibility index (Phi) is 252. The topological polar surface area (TPSA) is 215 Å². The van der Waals surface area contributed by atoms with Crippen molar-refractivity contribution in [3.05, 3.63) is 35.3 Å². The molecule has 13 heavy (non-hydrogen) atoms. The van der Waals surface area contributed by atoms with Crippen LogP contribution >= 0.6 is 0 Å². The second-order valence-corrected chi connectivity index (χ2v) is 0.404. The van der Waals surface area contributed by atoms with Crippen LogP contribution in [0, 0.1) is 40.8 Å². The van der Waals surface area contributed by atoms with Crippen LogP contribution in [-0.2, 0) is 0 Å². The molecule has 0 radical (unpaired) electrons. The molecule has 0 aliphatic rings. The van der Waals surface area contributed by atoms with Crippen LogP contribution in [0.25, 0.3) is 0 Å². The normalized spacial score (nSPS) is 4.00. The first-order chi connectivity index (χ1) is 5.56. The molecular weight excluding hydrogens is 194 g/mol. The van der Waals surface area contributed by atoms with Crippen LogP contribution < -0.4 is 5.84 Å². The first kappa shape index (κ1) is 31.2. The molecule has 80 valence electrons. The van der Waals surface area contributed by atoms with Gasteiger partial charge in [0.15, 0.2) is 0 Å². The zero-order chi connectivity index (χ0) is 11.0. The van der Waals surface area contributed by atoms with Crippen LogP contribution in [0.15, 0.2) is 10.6 Å². The molecule has 12 heteroatoms. The van der Waals surface area contributed by atoms with Gasteiger partial charge in [-0.3, -0.25) is 5.84 Å². The van der Waals surface area contributed by atoms with Crippen LogP contribution in [-0.4, -0.2) is 5.09 Å². The van der Waals surface area contributed by atoms with E-state index in [0.29, 0.717) is 0 Å². The number of hydrogen-bond donors (Lipinski definition) is 2. The average Bonchev–Trinajstić information content (AvgIpc) is 1.92. The minimum absolute atomic E-state index is 0. The van der Waals surface area contributed by atoms with Crippen molar-refractivity contribution in [2.45, 2.75) is 7.43 Å². The van der Waals surface area contributed by atoms with E-state index in [0.717, 1.165) is 5.34 Å². The van der Waals surface area contributed by atoms with Gasteiger partial charge in [-0.1, -0.05) is 13.0 Å². The van der Waals surface area contributed by atoms with Gasteiger partial charge in [0.2, 0.25) is 0 Å². The monoisotopic (exact) mass is 201 g/mol. The molecule has 0 fully saturated rings. The Bertz CT molecular complexity index is 95.1. The lowest BCUT2D eigenvalue weighted by atomic mass is 12.0. The quantitative estimate of drug-likeness (QED) is 0.244. The van der Waals surface area contributed by atoms with Gasteiger partial charge in [-0.15, -0.1) is 10.2 Å². The van der Waals surface area contributed by atoms with Crippen LogP contribution in [0.3, 0.4) is 0 Å². The van der Waals surface area contributed by atoms with Crippen molar-refractivity contribution in [3.8, 4) is 0 Å². The third-order valence-corrected chi connectivity index (χ3v) is 0. The summed E-state index contributed by atoms with van der Waals surface area (Å²) in [4.78, 5) is 32.1. The van der Waals surface area contributed by atoms with Gasteiger partial charge in [0.05, 0.1) is 5.09 Å². The van der Waals surface area contributed by atoms with Crippen molar-refractivity contribution in [1.82, 2.24) is 0 Å². The molecule has 3 N–H and O–H groups in total. The zero-order valence-electron chi connectivity index (χ0n) is 5.28. The molecule has 0 aromatic heterocycles. The molecule has 0 spiro atoms. The summed E-state index contributed by atoms with van der Waals surface area (Å²) in [5.74, 6) is 3.92. The summed E-state index contributed by atoms with van der Waals surface area (Å²) in [5.41, 5.74) is 4.50. The van der Waals surface area contributed by atoms with Gasteiger partial charge in [-0.25, -0.2) is 0 Å². The van der Waals surface area contributed by atoms with E-state index >= 15 is 0 Å².